The number of hydrogen-bond donors (Lipinski definition) is 2. The Morgan fingerprint density at radius 1 is 0.672 bits per heavy atom. The van der Waals surface area contributed by atoms with Gasteiger partial charge in [0, 0.05) is 40.0 Å². The van der Waals surface area contributed by atoms with Gasteiger partial charge in [-0.1, -0.05) is 82.9 Å². The number of likely N-dealkylation sites (N-methyl/N-ethyl adjacent to an activating group) is 2. The molecule has 0 aliphatic heterocycles. The van der Waals surface area contributed by atoms with Crippen molar-refractivity contribution in [3.63, 3.8) is 0 Å². The van der Waals surface area contributed by atoms with Crippen molar-refractivity contribution in [3.05, 3.63) is 59.7 Å². The Labute approximate surface area is 376 Å². The number of halogens is 3. The minimum Gasteiger partial charge on any atom is -0.496 e. The number of nitrogens with two attached hydrogens (primary N) is 1. The van der Waals surface area contributed by atoms with Gasteiger partial charge in [0.05, 0.1) is 19.6 Å². The van der Waals surface area contributed by atoms with Crippen LogP contribution >= 0.6 is 0 Å². The first-order valence-electron chi connectivity index (χ1n) is 21.7. The fourth-order valence-electron chi connectivity index (χ4n) is 7.02. The van der Waals surface area contributed by atoms with Gasteiger partial charge in [0.1, 0.15) is 17.0 Å². The average molecular weight is 914 g/mol. The predicted octanol–water partition coefficient (Wildman–Crippen LogP) is 9.07. The second-order valence-electron chi connectivity index (χ2n) is 15.7. The second-order valence-corrected chi connectivity index (χ2v) is 15.7. The number of ether oxygens (including phenoxy) is 6. The van der Waals surface area contributed by atoms with E-state index < -0.39 is 53.8 Å². The Hall–Kier alpha value is -5.26. The van der Waals surface area contributed by atoms with Crippen molar-refractivity contribution in [3.8, 4) is 11.5 Å². The maximum Gasteiger partial charge on any atom is 0.490 e. The lowest BCUT2D eigenvalue weighted by atomic mass is 9.83. The maximum atomic E-state index is 12.6. The first-order valence-corrected chi connectivity index (χ1v) is 21.7. The van der Waals surface area contributed by atoms with Crippen LogP contribution in [0, 0.1) is 5.41 Å². The largest absolute Gasteiger partial charge is 0.496 e. The molecule has 4 atom stereocenters. The van der Waals surface area contributed by atoms with Crippen LogP contribution in [0.5, 0.6) is 11.5 Å². The van der Waals surface area contributed by atoms with Crippen molar-refractivity contribution in [2.24, 2.45) is 11.1 Å². The van der Waals surface area contributed by atoms with Crippen molar-refractivity contribution >= 4 is 30.1 Å². The van der Waals surface area contributed by atoms with E-state index in [2.05, 4.69) is 0 Å². The Morgan fingerprint density at radius 3 is 1.36 bits per heavy atom. The molecule has 0 radical (unpaired) electrons. The van der Waals surface area contributed by atoms with Gasteiger partial charge in [0.25, 0.3) is 0 Å². The first-order chi connectivity index (χ1) is 30.0. The predicted molar refractivity (Wildman–Crippen MR) is 234 cm³/mol. The highest BCUT2D eigenvalue weighted by molar-refractivity contribution is 5.81. The lowest BCUT2D eigenvalue weighted by Crippen LogP contribution is -2.48. The van der Waals surface area contributed by atoms with Crippen molar-refractivity contribution < 1.29 is 70.7 Å². The smallest absolute Gasteiger partial charge is 0.490 e. The van der Waals surface area contributed by atoms with E-state index in [9.17, 15) is 32.3 Å². The van der Waals surface area contributed by atoms with Crippen LogP contribution in [0.3, 0.4) is 0 Å². The van der Waals surface area contributed by atoms with E-state index >= 15 is 0 Å². The molecule has 0 bridgehead atoms. The summed E-state index contributed by atoms with van der Waals surface area (Å²) >= 11 is 0. The number of carboxylic acids is 1. The fraction of sp³-hybridized carbons (Fsp3) is 0.630. The number of carbonyl (C=O) groups excluding carboxylic acids is 4. The maximum absolute atomic E-state index is 12.6. The minimum absolute atomic E-state index is 0.108. The number of alkyl halides is 3. The molecule has 18 heteroatoms. The molecule has 2 fully saturated rings. The molecule has 2 aromatic rings. The van der Waals surface area contributed by atoms with Crippen LogP contribution in [0.25, 0.3) is 0 Å². The molecule has 2 aliphatic rings. The molecule has 2 amide bonds. The third-order valence-electron chi connectivity index (χ3n) is 11.2. The van der Waals surface area contributed by atoms with E-state index in [1.165, 1.54) is 16.7 Å². The number of rotatable bonds is 15. The number of carboxylic acid groups (broad SMARTS) is 1. The van der Waals surface area contributed by atoms with E-state index in [1.807, 2.05) is 83.1 Å². The van der Waals surface area contributed by atoms with Crippen LogP contribution in [-0.2, 0) is 46.2 Å². The third-order valence-corrected chi connectivity index (χ3v) is 11.2. The summed E-state index contributed by atoms with van der Waals surface area (Å²) < 4.78 is 63.8. The molecule has 4 rings (SSSR count). The van der Waals surface area contributed by atoms with Crippen molar-refractivity contribution in [2.45, 2.75) is 155 Å². The summed E-state index contributed by atoms with van der Waals surface area (Å²) in [5.41, 5.74) is 6.71. The number of para-hydroxylation sites is 2. The molecule has 15 nitrogen and oxygen atoms in total. The van der Waals surface area contributed by atoms with Gasteiger partial charge >= 0.3 is 36.3 Å². The second kappa shape index (κ2) is 27.2. The number of nitrogens with zero attached hydrogens (tertiary/aromatic N) is 2. The number of hydrogen-bond acceptors (Lipinski definition) is 12. The van der Waals surface area contributed by atoms with Crippen LogP contribution in [-0.4, -0.2) is 110 Å². The molecule has 3 N–H and O–H groups in total. The highest BCUT2D eigenvalue weighted by Gasteiger charge is 2.42. The van der Waals surface area contributed by atoms with Crippen LogP contribution in [0.2, 0.25) is 0 Å². The molecule has 64 heavy (non-hydrogen) atoms. The van der Waals surface area contributed by atoms with E-state index in [0.29, 0.717) is 25.7 Å². The fourth-order valence-corrected chi connectivity index (χ4v) is 7.02. The Balaban J connectivity index is 0.000000539. The van der Waals surface area contributed by atoms with Gasteiger partial charge in [-0.2, -0.15) is 13.2 Å². The van der Waals surface area contributed by atoms with Crippen molar-refractivity contribution in [1.82, 2.24) is 9.80 Å². The average Bonchev–Trinajstić information content (AvgIpc) is 3.95. The molecule has 2 aliphatic carbocycles. The summed E-state index contributed by atoms with van der Waals surface area (Å²) in [7, 11) is 6.58. The van der Waals surface area contributed by atoms with E-state index in [0.717, 1.165) is 67.6 Å². The molecule has 0 heterocycles. The topological polar surface area (TPSA) is 193 Å². The van der Waals surface area contributed by atoms with Gasteiger partial charge in [-0.3, -0.25) is 4.79 Å². The molecule has 0 aromatic heterocycles. The van der Waals surface area contributed by atoms with Gasteiger partial charge in [0.15, 0.2) is 0 Å². The number of amides is 2. The molecular weight excluding hydrogens is 844 g/mol. The quantitative estimate of drug-likeness (QED) is 0.127. The first kappa shape index (κ1) is 56.8. The highest BCUT2D eigenvalue weighted by atomic mass is 19.4. The summed E-state index contributed by atoms with van der Waals surface area (Å²) in [6.07, 6.45) is 0.710. The van der Waals surface area contributed by atoms with Crippen LogP contribution in [0.15, 0.2) is 48.5 Å². The number of esters is 2. The normalized spacial score (nSPS) is 16.4. The standard InChI is InChI=1S/C22H33NO5.C20H30N2O5.C2HF3O2.C2H6/c1-6-22(13-9-10-14-22)20(24)27-17(3)28-21(25)23(4)16(2)15-18-11-7-8-12-19(18)26-5;1-14(13-16-9-5-6-10-17(16)25-4)22(3)19(24)27-15(2)26-18(23)20(21)11-7-8-12-20;3-2(4,5)1(6)7;1-2/h7-8,11-12,16-17H,6,9-10,13-15H2,1-5H3;5-6,9-10,14-15H,7-8,11-13,21H2,1-4H3;(H,6,7);1-2H3. The molecule has 2 aromatic carbocycles. The monoisotopic (exact) mass is 913 g/mol. The lowest BCUT2D eigenvalue weighted by Gasteiger charge is -2.29. The lowest BCUT2D eigenvalue weighted by molar-refractivity contribution is -0.192. The minimum atomic E-state index is -5.08. The number of carbonyl (C=O) groups is 5. The molecule has 362 valence electrons. The SMILES string of the molecule is CC.CCC1(C(=O)OC(C)OC(=O)N(C)C(C)Cc2ccccc2OC)CCCC1.COc1ccccc1CC(C)N(C)C(=O)OC(C)OC(=O)C1(N)CCCC1.O=C(O)C(F)(F)F. The van der Waals surface area contributed by atoms with Gasteiger partial charge in [-0.25, -0.2) is 19.2 Å². The van der Waals surface area contributed by atoms with E-state index in [-0.39, 0.29) is 18.1 Å². The van der Waals surface area contributed by atoms with Crippen LogP contribution < -0.4 is 15.2 Å². The Kier molecular flexibility index (Phi) is 24.1. The zero-order valence-electron chi connectivity index (χ0n) is 39.2. The molecular formula is C46H70F3N3O12. The van der Waals surface area contributed by atoms with Crippen LogP contribution in [0.4, 0.5) is 22.8 Å². The summed E-state index contributed by atoms with van der Waals surface area (Å²) in [6.45, 7) is 13.0. The highest BCUT2D eigenvalue weighted by Crippen LogP contribution is 2.42. The van der Waals surface area contributed by atoms with Crippen molar-refractivity contribution in [2.75, 3.05) is 28.3 Å². The van der Waals surface area contributed by atoms with Gasteiger partial charge in [0.2, 0.25) is 12.6 Å². The van der Waals surface area contributed by atoms with Gasteiger partial charge < -0.3 is 49.1 Å². The van der Waals surface area contributed by atoms with Crippen LogP contribution in [0.1, 0.15) is 117 Å². The number of aliphatic carboxylic acids is 1. The third kappa shape index (κ3) is 17.7. The number of methoxy groups -OCH3 is 2. The summed E-state index contributed by atoms with van der Waals surface area (Å²) in [5, 5.41) is 7.12. The van der Waals surface area contributed by atoms with E-state index in [1.54, 1.807) is 35.2 Å². The molecule has 0 saturated heterocycles. The summed E-state index contributed by atoms with van der Waals surface area (Å²) in [5.74, 6) is -1.95. The van der Waals surface area contributed by atoms with Gasteiger partial charge in [-0.05, 0) is 82.1 Å². The Bertz CT molecular complexity index is 1770. The van der Waals surface area contributed by atoms with Gasteiger partial charge in [-0.15, -0.1) is 0 Å². The van der Waals surface area contributed by atoms with Crippen molar-refractivity contribution in [1.29, 1.82) is 0 Å². The molecule has 2 saturated carbocycles. The summed E-state index contributed by atoms with van der Waals surface area (Å²) in [6, 6.07) is 15.2. The zero-order valence-corrected chi connectivity index (χ0v) is 39.2. The number of benzene rings is 2. The summed E-state index contributed by atoms with van der Waals surface area (Å²) in [4.78, 5) is 61.5. The molecule has 0 spiro atoms. The Morgan fingerprint density at radius 2 is 1.02 bits per heavy atom. The molecule has 4 unspecified atom stereocenters. The van der Waals surface area contributed by atoms with E-state index in [4.69, 9.17) is 44.1 Å². The zero-order chi connectivity index (χ0) is 48.8.